The summed E-state index contributed by atoms with van der Waals surface area (Å²) in [6.45, 7) is 2.11. The lowest BCUT2D eigenvalue weighted by Crippen LogP contribution is -2.31. The average molecular weight is 506 g/mol. The third kappa shape index (κ3) is 3.95. The van der Waals surface area contributed by atoms with E-state index in [2.05, 4.69) is 0 Å². The predicted molar refractivity (Wildman–Crippen MR) is 136 cm³/mol. The van der Waals surface area contributed by atoms with E-state index in [0.717, 1.165) is 11.1 Å². The van der Waals surface area contributed by atoms with Gasteiger partial charge in [0.15, 0.2) is 16.9 Å². The molecule has 7 nitrogen and oxygen atoms in total. The van der Waals surface area contributed by atoms with Crippen molar-refractivity contribution in [2.75, 3.05) is 20.8 Å². The lowest BCUT2D eigenvalue weighted by Gasteiger charge is -2.25. The highest BCUT2D eigenvalue weighted by Gasteiger charge is 2.42. The van der Waals surface area contributed by atoms with Crippen molar-refractivity contribution in [3.05, 3.63) is 97.9 Å². The topological polar surface area (TPSA) is 89.2 Å². The second-order valence-corrected chi connectivity index (χ2v) is 9.11. The molecule has 4 aromatic rings. The lowest BCUT2D eigenvalue weighted by molar-refractivity contribution is 0.0730. The van der Waals surface area contributed by atoms with Crippen LogP contribution in [0.4, 0.5) is 0 Å². The SMILES string of the molecule is COc1ccc(CCN2C(=O)c3oc4cc(C)c(Cl)cc4c(=O)c3C2c2cccc(O)c2)cc1OC. The van der Waals surface area contributed by atoms with E-state index in [-0.39, 0.29) is 28.4 Å². The minimum Gasteiger partial charge on any atom is -0.508 e. The number of ether oxygens (including phenoxy) is 2. The monoisotopic (exact) mass is 505 g/mol. The van der Waals surface area contributed by atoms with Crippen LogP contribution in [0.1, 0.15) is 38.9 Å². The number of fused-ring (bicyclic) bond motifs is 2. The molecule has 5 rings (SSSR count). The fraction of sp³-hybridized carbons (Fsp3) is 0.214. The van der Waals surface area contributed by atoms with Crippen molar-refractivity contribution in [2.45, 2.75) is 19.4 Å². The maximum Gasteiger partial charge on any atom is 0.290 e. The van der Waals surface area contributed by atoms with E-state index in [9.17, 15) is 14.7 Å². The molecule has 8 heteroatoms. The quantitative estimate of drug-likeness (QED) is 0.384. The minimum absolute atomic E-state index is 0.00915. The number of rotatable bonds is 6. The van der Waals surface area contributed by atoms with Gasteiger partial charge in [-0.2, -0.15) is 0 Å². The van der Waals surface area contributed by atoms with Crippen LogP contribution in [0.15, 0.2) is 63.8 Å². The maximum atomic E-state index is 13.7. The fourth-order valence-corrected chi connectivity index (χ4v) is 4.86. The number of aryl methyl sites for hydroxylation is 1. The van der Waals surface area contributed by atoms with Crippen LogP contribution in [0.2, 0.25) is 5.02 Å². The van der Waals surface area contributed by atoms with Crippen molar-refractivity contribution in [2.24, 2.45) is 0 Å². The molecular formula is C28H24ClNO6. The summed E-state index contributed by atoms with van der Waals surface area (Å²) < 4.78 is 16.7. The van der Waals surface area contributed by atoms with Crippen LogP contribution in [-0.2, 0) is 6.42 Å². The van der Waals surface area contributed by atoms with Crippen molar-refractivity contribution < 1.29 is 23.8 Å². The van der Waals surface area contributed by atoms with Gasteiger partial charge in [-0.3, -0.25) is 9.59 Å². The first-order chi connectivity index (χ1) is 17.3. The van der Waals surface area contributed by atoms with E-state index in [1.165, 1.54) is 0 Å². The molecule has 1 aliphatic heterocycles. The number of carbonyl (C=O) groups is 1. The number of phenolic OH excluding ortho intramolecular Hbond substituents is 1. The summed E-state index contributed by atoms with van der Waals surface area (Å²) >= 11 is 6.30. The Kier molecular flexibility index (Phi) is 6.10. The number of phenols is 1. The molecule has 0 bridgehead atoms. The van der Waals surface area contributed by atoms with E-state index < -0.39 is 6.04 Å². The summed E-state index contributed by atoms with van der Waals surface area (Å²) in [5.41, 5.74) is 2.52. The first-order valence-corrected chi connectivity index (χ1v) is 11.8. The van der Waals surface area contributed by atoms with Gasteiger partial charge in [-0.25, -0.2) is 0 Å². The molecule has 1 unspecified atom stereocenters. The van der Waals surface area contributed by atoms with Crippen LogP contribution < -0.4 is 14.9 Å². The van der Waals surface area contributed by atoms with E-state index >= 15 is 0 Å². The van der Waals surface area contributed by atoms with Crippen molar-refractivity contribution in [3.8, 4) is 17.2 Å². The van der Waals surface area contributed by atoms with Crippen molar-refractivity contribution in [3.63, 3.8) is 0 Å². The van der Waals surface area contributed by atoms with Crippen molar-refractivity contribution in [1.29, 1.82) is 0 Å². The highest BCUT2D eigenvalue weighted by atomic mass is 35.5. The molecule has 0 fully saturated rings. The van der Waals surface area contributed by atoms with E-state index in [4.69, 9.17) is 25.5 Å². The maximum absolute atomic E-state index is 13.7. The van der Waals surface area contributed by atoms with Gasteiger partial charge in [-0.1, -0.05) is 29.8 Å². The molecule has 0 saturated heterocycles. The summed E-state index contributed by atoms with van der Waals surface area (Å²) in [7, 11) is 3.14. The molecule has 1 N–H and O–H groups in total. The molecule has 0 saturated carbocycles. The number of aromatic hydroxyl groups is 1. The number of hydrogen-bond donors (Lipinski definition) is 1. The third-order valence-electron chi connectivity index (χ3n) is 6.52. The molecule has 1 atom stereocenters. The Balaban J connectivity index is 1.61. The molecule has 184 valence electrons. The zero-order chi connectivity index (χ0) is 25.6. The minimum atomic E-state index is -0.722. The van der Waals surface area contributed by atoms with Gasteiger partial charge in [0.05, 0.1) is 31.2 Å². The smallest absolute Gasteiger partial charge is 0.290 e. The molecule has 1 amide bonds. The summed E-state index contributed by atoms with van der Waals surface area (Å²) in [6, 6.07) is 14.7. The first-order valence-electron chi connectivity index (χ1n) is 11.4. The van der Waals surface area contributed by atoms with E-state index in [1.54, 1.807) is 55.5 Å². The second-order valence-electron chi connectivity index (χ2n) is 8.71. The highest BCUT2D eigenvalue weighted by Crippen LogP contribution is 2.39. The number of methoxy groups -OCH3 is 2. The molecule has 36 heavy (non-hydrogen) atoms. The Bertz CT molecular complexity index is 1560. The fourth-order valence-electron chi connectivity index (χ4n) is 4.70. The summed E-state index contributed by atoms with van der Waals surface area (Å²) in [5.74, 6) is 0.863. The second kappa shape index (κ2) is 9.24. The first kappa shape index (κ1) is 23.8. The Morgan fingerprint density at radius 2 is 1.81 bits per heavy atom. The predicted octanol–water partition coefficient (Wildman–Crippen LogP) is 5.27. The number of nitrogens with zero attached hydrogens (tertiary/aromatic N) is 1. The summed E-state index contributed by atoms with van der Waals surface area (Å²) in [5, 5.41) is 10.9. The zero-order valence-corrected chi connectivity index (χ0v) is 20.8. The van der Waals surface area contributed by atoms with Gasteiger partial charge in [0.2, 0.25) is 5.76 Å². The molecule has 0 spiro atoms. The number of hydrogen-bond acceptors (Lipinski definition) is 6. The average Bonchev–Trinajstić information content (AvgIpc) is 3.15. The third-order valence-corrected chi connectivity index (χ3v) is 6.93. The normalized spacial score (nSPS) is 14.8. The Morgan fingerprint density at radius 3 is 2.53 bits per heavy atom. The van der Waals surface area contributed by atoms with Crippen LogP contribution in [-0.4, -0.2) is 36.7 Å². The van der Waals surface area contributed by atoms with Crippen LogP contribution in [0, 0.1) is 6.92 Å². The summed E-state index contributed by atoms with van der Waals surface area (Å²) in [4.78, 5) is 28.9. The zero-order valence-electron chi connectivity index (χ0n) is 20.0. The number of carbonyl (C=O) groups excluding carboxylic acids is 1. The molecule has 2 heterocycles. The van der Waals surface area contributed by atoms with Gasteiger partial charge in [0, 0.05) is 11.6 Å². The van der Waals surface area contributed by atoms with Gasteiger partial charge >= 0.3 is 0 Å². The molecule has 1 aliphatic rings. The lowest BCUT2D eigenvalue weighted by atomic mass is 9.97. The number of amides is 1. The number of halogens is 1. The van der Waals surface area contributed by atoms with Crippen molar-refractivity contribution in [1.82, 2.24) is 4.90 Å². The summed E-state index contributed by atoms with van der Waals surface area (Å²) in [6.07, 6.45) is 0.494. The van der Waals surface area contributed by atoms with Crippen molar-refractivity contribution >= 4 is 28.5 Å². The molecular weight excluding hydrogens is 482 g/mol. The Labute approximate surface area is 212 Å². The highest BCUT2D eigenvalue weighted by molar-refractivity contribution is 6.32. The molecule has 3 aromatic carbocycles. The Hall–Kier alpha value is -3.97. The molecule has 1 aromatic heterocycles. The van der Waals surface area contributed by atoms with Gasteiger partial charge in [0.25, 0.3) is 5.91 Å². The van der Waals surface area contributed by atoms with E-state index in [1.807, 2.05) is 25.1 Å². The van der Waals surface area contributed by atoms with Gasteiger partial charge in [-0.15, -0.1) is 0 Å². The van der Waals surface area contributed by atoms with Gasteiger partial charge in [0.1, 0.15) is 11.3 Å². The largest absolute Gasteiger partial charge is 0.508 e. The molecule has 0 radical (unpaired) electrons. The number of benzene rings is 3. The van der Waals surface area contributed by atoms with Gasteiger partial charge in [-0.05, 0) is 66.4 Å². The van der Waals surface area contributed by atoms with Crippen LogP contribution in [0.3, 0.4) is 0 Å². The molecule has 0 aliphatic carbocycles. The van der Waals surface area contributed by atoms with Crippen LogP contribution in [0.5, 0.6) is 17.2 Å². The van der Waals surface area contributed by atoms with E-state index in [0.29, 0.717) is 46.0 Å². The standard InChI is InChI=1S/C28H24ClNO6/c1-15-11-22-19(14-20(15)29)26(32)24-25(17-5-4-6-18(31)13-17)30(28(33)27(24)36-22)10-9-16-7-8-21(34-2)23(12-16)35-3/h4-8,11-14,25,31H,9-10H2,1-3H3. The Morgan fingerprint density at radius 1 is 1.03 bits per heavy atom. The van der Waals surface area contributed by atoms with Gasteiger partial charge < -0.3 is 23.9 Å². The van der Waals surface area contributed by atoms with Crippen LogP contribution in [0.25, 0.3) is 11.0 Å². The van der Waals surface area contributed by atoms with Crippen LogP contribution >= 0.6 is 11.6 Å².